The van der Waals surface area contributed by atoms with Crippen molar-refractivity contribution in [3.8, 4) is 11.8 Å². The summed E-state index contributed by atoms with van der Waals surface area (Å²) in [4.78, 5) is 0. The molecular weight excluding hydrogens is 368 g/mol. The van der Waals surface area contributed by atoms with Gasteiger partial charge in [0, 0.05) is 0 Å². The lowest BCUT2D eigenvalue weighted by molar-refractivity contribution is 0.414. The van der Waals surface area contributed by atoms with Gasteiger partial charge in [-0.15, -0.1) is 0 Å². The van der Waals surface area contributed by atoms with E-state index in [1.807, 2.05) is 48.5 Å². The van der Waals surface area contributed by atoms with Gasteiger partial charge in [-0.2, -0.15) is 5.26 Å². The van der Waals surface area contributed by atoms with Gasteiger partial charge in [-0.3, -0.25) is 0 Å². The fourth-order valence-electron chi connectivity index (χ4n) is 3.93. The van der Waals surface area contributed by atoms with Crippen LogP contribution >= 0.6 is 0 Å². The summed E-state index contributed by atoms with van der Waals surface area (Å²) in [6, 6.07) is 31.2. The highest BCUT2D eigenvalue weighted by molar-refractivity contribution is 5.45. The topological polar surface area (TPSA) is 45.0 Å². The first-order valence-corrected chi connectivity index (χ1v) is 10.6. The summed E-state index contributed by atoms with van der Waals surface area (Å²) >= 11 is 0. The molecule has 0 saturated carbocycles. The summed E-state index contributed by atoms with van der Waals surface area (Å²) < 4.78 is 5.29. The largest absolute Gasteiger partial charge is 0.497 e. The van der Waals surface area contributed by atoms with E-state index in [0.29, 0.717) is 0 Å². The molecule has 3 heteroatoms. The van der Waals surface area contributed by atoms with Crippen molar-refractivity contribution in [2.24, 2.45) is 0 Å². The number of nitrogens with zero attached hydrogens (tertiary/aromatic N) is 1. The molecule has 0 aliphatic heterocycles. The van der Waals surface area contributed by atoms with Crippen LogP contribution in [0.5, 0.6) is 5.75 Å². The van der Waals surface area contributed by atoms with Gasteiger partial charge in [-0.1, -0.05) is 72.8 Å². The van der Waals surface area contributed by atoms with Gasteiger partial charge in [-0.05, 0) is 67.6 Å². The number of nitrogens with one attached hydrogen (secondary N) is 1. The molecule has 3 aromatic carbocycles. The summed E-state index contributed by atoms with van der Waals surface area (Å²) in [6.45, 7) is 1.87. The highest BCUT2D eigenvalue weighted by atomic mass is 16.5. The predicted octanol–water partition coefficient (Wildman–Crippen LogP) is 5.51. The minimum Gasteiger partial charge on any atom is -0.497 e. The number of hydrogen-bond acceptors (Lipinski definition) is 3. The summed E-state index contributed by atoms with van der Waals surface area (Å²) in [5, 5.41) is 13.8. The number of rotatable bonds is 11. The molecule has 0 heterocycles. The van der Waals surface area contributed by atoms with Crippen LogP contribution in [0.4, 0.5) is 0 Å². The fraction of sp³-hybridized carbons (Fsp3) is 0.296. The summed E-state index contributed by atoms with van der Waals surface area (Å²) in [6.07, 6.45) is 3.84. The van der Waals surface area contributed by atoms with Crippen molar-refractivity contribution < 1.29 is 4.74 Å². The molecule has 0 unspecified atom stereocenters. The van der Waals surface area contributed by atoms with Crippen molar-refractivity contribution in [2.45, 2.75) is 31.1 Å². The van der Waals surface area contributed by atoms with Crippen LogP contribution in [-0.2, 0) is 11.8 Å². The Morgan fingerprint density at radius 2 is 1.47 bits per heavy atom. The third-order valence-electron chi connectivity index (χ3n) is 5.58. The van der Waals surface area contributed by atoms with Crippen LogP contribution in [-0.4, -0.2) is 20.2 Å². The second-order valence-corrected chi connectivity index (χ2v) is 7.56. The standard InChI is InChI=1S/C27H30N2O/c1-30-26-17-8-11-23(21-26)12-9-19-29-20-10-18-27(22-28,24-13-4-2-5-14-24)25-15-6-3-7-16-25/h2-8,11,13-17,21,29H,9-10,12,18-20H2,1H3. The first-order valence-electron chi connectivity index (χ1n) is 10.6. The van der Waals surface area contributed by atoms with E-state index >= 15 is 0 Å². The van der Waals surface area contributed by atoms with E-state index in [9.17, 15) is 5.26 Å². The Labute approximate surface area is 180 Å². The van der Waals surface area contributed by atoms with Crippen LogP contribution < -0.4 is 10.1 Å². The van der Waals surface area contributed by atoms with Crippen molar-refractivity contribution >= 4 is 0 Å². The van der Waals surface area contributed by atoms with Gasteiger partial charge in [-0.25, -0.2) is 0 Å². The van der Waals surface area contributed by atoms with Gasteiger partial charge in [0.05, 0.1) is 13.2 Å². The Kier molecular flexibility index (Phi) is 8.06. The molecule has 0 aliphatic carbocycles. The number of methoxy groups -OCH3 is 1. The zero-order valence-corrected chi connectivity index (χ0v) is 17.7. The maximum atomic E-state index is 10.2. The third kappa shape index (κ3) is 5.49. The minimum atomic E-state index is -0.606. The maximum absolute atomic E-state index is 10.2. The zero-order chi connectivity index (χ0) is 21.1. The van der Waals surface area contributed by atoms with Gasteiger partial charge in [0.15, 0.2) is 0 Å². The lowest BCUT2D eigenvalue weighted by atomic mass is 9.72. The molecule has 154 valence electrons. The van der Waals surface area contributed by atoms with Crippen molar-refractivity contribution in [3.63, 3.8) is 0 Å². The van der Waals surface area contributed by atoms with Gasteiger partial charge < -0.3 is 10.1 Å². The molecule has 0 spiro atoms. The summed E-state index contributed by atoms with van der Waals surface area (Å²) in [7, 11) is 1.70. The molecule has 0 fully saturated rings. The Morgan fingerprint density at radius 3 is 2.07 bits per heavy atom. The van der Waals surface area contributed by atoms with Crippen molar-refractivity contribution in [1.82, 2.24) is 5.32 Å². The highest BCUT2D eigenvalue weighted by Gasteiger charge is 2.33. The van der Waals surface area contributed by atoms with E-state index in [2.05, 4.69) is 47.8 Å². The zero-order valence-electron chi connectivity index (χ0n) is 17.7. The Balaban J connectivity index is 1.52. The smallest absolute Gasteiger partial charge is 0.119 e. The fourth-order valence-corrected chi connectivity index (χ4v) is 3.93. The molecule has 3 aromatic rings. The quantitative estimate of drug-likeness (QED) is 0.433. The molecular formula is C27H30N2O. The van der Waals surface area contributed by atoms with E-state index in [0.717, 1.165) is 55.6 Å². The molecule has 3 rings (SSSR count). The SMILES string of the molecule is COc1cccc(CCCNCCCC(C#N)(c2ccccc2)c2ccccc2)c1. The molecule has 0 aliphatic rings. The summed E-state index contributed by atoms with van der Waals surface area (Å²) in [5.74, 6) is 0.912. The van der Waals surface area contributed by atoms with Crippen LogP contribution in [0, 0.1) is 11.3 Å². The Bertz CT molecular complexity index is 892. The molecule has 0 amide bonds. The van der Waals surface area contributed by atoms with Gasteiger partial charge in [0.25, 0.3) is 0 Å². The number of aryl methyl sites for hydroxylation is 1. The van der Waals surface area contributed by atoms with Crippen LogP contribution in [0.3, 0.4) is 0 Å². The third-order valence-corrected chi connectivity index (χ3v) is 5.58. The molecule has 0 saturated heterocycles. The summed E-state index contributed by atoms with van der Waals surface area (Å²) in [5.41, 5.74) is 2.83. The average Bonchev–Trinajstić information content (AvgIpc) is 2.82. The minimum absolute atomic E-state index is 0.606. The molecule has 0 atom stereocenters. The second-order valence-electron chi connectivity index (χ2n) is 7.56. The van der Waals surface area contributed by atoms with Crippen molar-refractivity contribution in [3.05, 3.63) is 102 Å². The molecule has 30 heavy (non-hydrogen) atoms. The lowest BCUT2D eigenvalue weighted by Gasteiger charge is -2.28. The Morgan fingerprint density at radius 1 is 0.833 bits per heavy atom. The van der Waals surface area contributed by atoms with E-state index in [4.69, 9.17) is 4.74 Å². The molecule has 3 nitrogen and oxygen atoms in total. The number of nitriles is 1. The first kappa shape index (κ1) is 21.6. The van der Waals surface area contributed by atoms with Crippen LogP contribution in [0.15, 0.2) is 84.9 Å². The van der Waals surface area contributed by atoms with E-state index in [1.54, 1.807) is 7.11 Å². The van der Waals surface area contributed by atoms with Gasteiger partial charge in [0.2, 0.25) is 0 Å². The van der Waals surface area contributed by atoms with Gasteiger partial charge >= 0.3 is 0 Å². The van der Waals surface area contributed by atoms with Crippen LogP contribution in [0.2, 0.25) is 0 Å². The predicted molar refractivity (Wildman–Crippen MR) is 123 cm³/mol. The average molecular weight is 399 g/mol. The van der Waals surface area contributed by atoms with E-state index in [-0.39, 0.29) is 0 Å². The highest BCUT2D eigenvalue weighted by Crippen LogP contribution is 2.36. The number of benzene rings is 3. The van der Waals surface area contributed by atoms with Crippen LogP contribution in [0.25, 0.3) is 0 Å². The molecule has 0 bridgehead atoms. The van der Waals surface area contributed by atoms with Crippen molar-refractivity contribution in [1.29, 1.82) is 5.26 Å². The van der Waals surface area contributed by atoms with E-state index in [1.165, 1.54) is 5.56 Å². The van der Waals surface area contributed by atoms with E-state index < -0.39 is 5.41 Å². The Hall–Kier alpha value is -3.09. The van der Waals surface area contributed by atoms with Crippen LogP contribution in [0.1, 0.15) is 36.0 Å². The maximum Gasteiger partial charge on any atom is 0.119 e. The van der Waals surface area contributed by atoms with Crippen molar-refractivity contribution in [2.75, 3.05) is 20.2 Å². The number of hydrogen-bond donors (Lipinski definition) is 1. The normalized spacial score (nSPS) is 11.1. The molecule has 1 N–H and O–H groups in total. The monoisotopic (exact) mass is 398 g/mol. The first-order chi connectivity index (χ1) is 14.8. The number of ether oxygens (including phenoxy) is 1. The van der Waals surface area contributed by atoms with Gasteiger partial charge in [0.1, 0.15) is 11.2 Å². The molecule has 0 aromatic heterocycles. The lowest BCUT2D eigenvalue weighted by Crippen LogP contribution is -2.28. The second kappa shape index (κ2) is 11.2. The molecule has 0 radical (unpaired) electrons.